The molecule has 0 amide bonds. The number of nitrogens with two attached hydrogens (primary N) is 1. The zero-order valence-corrected chi connectivity index (χ0v) is 15.5. The number of aromatic nitrogens is 3. The minimum atomic E-state index is 0. The second-order valence-corrected chi connectivity index (χ2v) is 6.79. The Morgan fingerprint density at radius 1 is 1.26 bits per heavy atom. The summed E-state index contributed by atoms with van der Waals surface area (Å²) in [6.45, 7) is 11.1. The summed E-state index contributed by atoms with van der Waals surface area (Å²) in [5.74, 6) is 0.860. The fraction of sp³-hybridized carbons (Fsp3) is 0.529. The molecule has 0 atom stereocenters. The van der Waals surface area contributed by atoms with Gasteiger partial charge in [0.05, 0.1) is 5.69 Å². The minimum Gasteiger partial charge on any atom is -0.330 e. The second-order valence-electron chi connectivity index (χ2n) is 6.79. The average Bonchev–Trinajstić information content (AvgIpc) is 2.76. The molecular weight excluding hydrogens is 310 g/mol. The van der Waals surface area contributed by atoms with Gasteiger partial charge in [-0.3, -0.25) is 0 Å². The largest absolute Gasteiger partial charge is 0.330 e. The number of pyridine rings is 1. The van der Waals surface area contributed by atoms with Crippen LogP contribution in [0.25, 0.3) is 5.82 Å². The van der Waals surface area contributed by atoms with Gasteiger partial charge in [0.2, 0.25) is 0 Å². The molecule has 0 spiro atoms. The van der Waals surface area contributed by atoms with Gasteiger partial charge in [-0.05, 0) is 45.0 Å². The van der Waals surface area contributed by atoms with E-state index in [1.807, 2.05) is 22.9 Å². The molecule has 0 aliphatic heterocycles. The molecule has 2 N–H and O–H groups in total. The van der Waals surface area contributed by atoms with Gasteiger partial charge in [0.25, 0.3) is 0 Å². The standard InChI is InChI=1S/C17H27N5.ClH/c1-13-15(10-21(5)12-17(3,4)11-18)14(2)22(20-13)16-8-6-7-9-19-16;/h6-9H,10-12,18H2,1-5H3;1H. The van der Waals surface area contributed by atoms with Crippen LogP contribution in [-0.2, 0) is 6.54 Å². The molecule has 0 bridgehead atoms. The fourth-order valence-corrected chi connectivity index (χ4v) is 2.73. The number of aryl methyl sites for hydroxylation is 1. The van der Waals surface area contributed by atoms with E-state index in [-0.39, 0.29) is 17.8 Å². The topological polar surface area (TPSA) is 60.0 Å². The zero-order chi connectivity index (χ0) is 16.3. The summed E-state index contributed by atoms with van der Waals surface area (Å²) in [5, 5.41) is 4.65. The third-order valence-electron chi connectivity index (χ3n) is 3.99. The van der Waals surface area contributed by atoms with Gasteiger partial charge in [0.15, 0.2) is 5.82 Å². The Hall–Kier alpha value is -1.43. The average molecular weight is 338 g/mol. The van der Waals surface area contributed by atoms with E-state index in [9.17, 15) is 0 Å². The van der Waals surface area contributed by atoms with Crippen molar-refractivity contribution in [2.24, 2.45) is 11.1 Å². The highest BCUT2D eigenvalue weighted by atomic mass is 35.5. The summed E-state index contributed by atoms with van der Waals surface area (Å²) < 4.78 is 1.92. The minimum absolute atomic E-state index is 0. The van der Waals surface area contributed by atoms with Crippen molar-refractivity contribution in [1.29, 1.82) is 0 Å². The summed E-state index contributed by atoms with van der Waals surface area (Å²) in [6, 6.07) is 5.87. The van der Waals surface area contributed by atoms with E-state index in [1.165, 1.54) is 5.56 Å². The molecule has 0 aliphatic carbocycles. The first-order valence-electron chi connectivity index (χ1n) is 7.69. The molecule has 0 radical (unpaired) electrons. The van der Waals surface area contributed by atoms with Crippen LogP contribution in [0.3, 0.4) is 0 Å². The first-order chi connectivity index (χ1) is 10.3. The molecule has 2 rings (SSSR count). The number of halogens is 1. The maximum Gasteiger partial charge on any atom is 0.153 e. The zero-order valence-electron chi connectivity index (χ0n) is 14.7. The Morgan fingerprint density at radius 3 is 2.52 bits per heavy atom. The maximum absolute atomic E-state index is 5.84. The van der Waals surface area contributed by atoms with Crippen molar-refractivity contribution in [3.05, 3.63) is 41.3 Å². The van der Waals surface area contributed by atoms with Gasteiger partial charge < -0.3 is 10.6 Å². The molecule has 2 aromatic rings. The normalized spacial score (nSPS) is 11.6. The van der Waals surface area contributed by atoms with E-state index in [0.29, 0.717) is 6.54 Å². The number of hydrogen-bond donors (Lipinski definition) is 1. The summed E-state index contributed by atoms with van der Waals surface area (Å²) in [6.07, 6.45) is 1.79. The number of rotatable bonds is 6. The molecular formula is C17H28ClN5. The molecule has 0 unspecified atom stereocenters. The smallest absolute Gasteiger partial charge is 0.153 e. The van der Waals surface area contributed by atoms with Crippen LogP contribution in [0.2, 0.25) is 0 Å². The molecule has 6 heteroatoms. The van der Waals surface area contributed by atoms with Crippen LogP contribution in [-0.4, -0.2) is 39.8 Å². The second kappa shape index (κ2) is 7.90. The Morgan fingerprint density at radius 2 is 1.96 bits per heavy atom. The lowest BCUT2D eigenvalue weighted by Gasteiger charge is -2.29. The summed E-state index contributed by atoms with van der Waals surface area (Å²) in [7, 11) is 2.13. The van der Waals surface area contributed by atoms with Crippen LogP contribution in [0.15, 0.2) is 24.4 Å². The maximum atomic E-state index is 5.84. The van der Waals surface area contributed by atoms with Crippen LogP contribution in [0.5, 0.6) is 0 Å². The molecule has 0 aromatic carbocycles. The first-order valence-corrected chi connectivity index (χ1v) is 7.69. The summed E-state index contributed by atoms with van der Waals surface area (Å²) >= 11 is 0. The van der Waals surface area contributed by atoms with Crippen molar-refractivity contribution in [2.75, 3.05) is 20.1 Å². The third kappa shape index (κ3) is 4.77. The Bertz CT molecular complexity index is 621. The summed E-state index contributed by atoms with van der Waals surface area (Å²) in [4.78, 5) is 6.70. The van der Waals surface area contributed by atoms with Crippen LogP contribution < -0.4 is 5.73 Å². The van der Waals surface area contributed by atoms with Crippen molar-refractivity contribution < 1.29 is 0 Å². The molecule has 23 heavy (non-hydrogen) atoms. The monoisotopic (exact) mass is 337 g/mol. The Balaban J connectivity index is 0.00000264. The van der Waals surface area contributed by atoms with Gasteiger partial charge in [0, 0.05) is 30.5 Å². The lowest BCUT2D eigenvalue weighted by atomic mass is 9.93. The Kier molecular flexibility index (Phi) is 6.74. The predicted molar refractivity (Wildman–Crippen MR) is 97.3 cm³/mol. The molecule has 0 saturated carbocycles. The predicted octanol–water partition coefficient (Wildman–Crippen LogP) is 2.72. The van der Waals surface area contributed by atoms with Crippen molar-refractivity contribution in [3.63, 3.8) is 0 Å². The molecule has 2 heterocycles. The van der Waals surface area contributed by atoms with E-state index >= 15 is 0 Å². The van der Waals surface area contributed by atoms with Crippen LogP contribution in [0, 0.1) is 19.3 Å². The van der Waals surface area contributed by atoms with Gasteiger partial charge in [-0.25, -0.2) is 9.67 Å². The highest BCUT2D eigenvalue weighted by Gasteiger charge is 2.20. The quantitative estimate of drug-likeness (QED) is 0.880. The van der Waals surface area contributed by atoms with E-state index < -0.39 is 0 Å². The summed E-state index contributed by atoms with van der Waals surface area (Å²) in [5.41, 5.74) is 9.42. The third-order valence-corrected chi connectivity index (χ3v) is 3.99. The van der Waals surface area contributed by atoms with Gasteiger partial charge in [-0.15, -0.1) is 12.4 Å². The molecule has 0 fully saturated rings. The molecule has 128 valence electrons. The molecule has 5 nitrogen and oxygen atoms in total. The van der Waals surface area contributed by atoms with Crippen molar-refractivity contribution in [2.45, 2.75) is 34.2 Å². The highest BCUT2D eigenvalue weighted by molar-refractivity contribution is 5.85. The lowest BCUT2D eigenvalue weighted by Crippen LogP contribution is -2.36. The van der Waals surface area contributed by atoms with Crippen LogP contribution >= 0.6 is 12.4 Å². The fourth-order valence-electron chi connectivity index (χ4n) is 2.73. The van der Waals surface area contributed by atoms with E-state index in [2.05, 4.69) is 49.7 Å². The van der Waals surface area contributed by atoms with E-state index in [4.69, 9.17) is 5.73 Å². The van der Waals surface area contributed by atoms with Gasteiger partial charge in [-0.1, -0.05) is 19.9 Å². The molecule has 0 aliphatic rings. The van der Waals surface area contributed by atoms with Gasteiger partial charge >= 0.3 is 0 Å². The lowest BCUT2D eigenvalue weighted by molar-refractivity contribution is 0.209. The van der Waals surface area contributed by atoms with Crippen molar-refractivity contribution in [3.8, 4) is 5.82 Å². The van der Waals surface area contributed by atoms with Gasteiger partial charge in [0.1, 0.15) is 0 Å². The highest BCUT2D eigenvalue weighted by Crippen LogP contribution is 2.20. The van der Waals surface area contributed by atoms with Crippen molar-refractivity contribution >= 4 is 12.4 Å². The SMILES string of the molecule is Cc1nn(-c2ccccn2)c(C)c1CN(C)CC(C)(C)CN.Cl. The number of hydrogen-bond acceptors (Lipinski definition) is 4. The van der Waals surface area contributed by atoms with Crippen molar-refractivity contribution in [1.82, 2.24) is 19.7 Å². The Labute approximate surface area is 145 Å². The van der Waals surface area contributed by atoms with Crippen LogP contribution in [0.4, 0.5) is 0 Å². The van der Waals surface area contributed by atoms with E-state index in [1.54, 1.807) is 6.20 Å². The molecule has 0 saturated heterocycles. The first kappa shape index (κ1) is 19.6. The van der Waals surface area contributed by atoms with Gasteiger partial charge in [-0.2, -0.15) is 5.10 Å². The molecule has 2 aromatic heterocycles. The number of nitrogens with zero attached hydrogens (tertiary/aromatic N) is 4. The van der Waals surface area contributed by atoms with Crippen LogP contribution in [0.1, 0.15) is 30.8 Å². The van der Waals surface area contributed by atoms with E-state index in [0.717, 1.165) is 30.3 Å².